The molecule has 0 aromatic heterocycles. The normalized spacial score (nSPS) is 24.8. The molecule has 0 aromatic rings. The van der Waals surface area contributed by atoms with E-state index in [-0.39, 0.29) is 5.54 Å². The van der Waals surface area contributed by atoms with Gasteiger partial charge in [-0.2, -0.15) is 0 Å². The minimum Gasteiger partial charge on any atom is -0.383 e. The molecule has 4 nitrogen and oxygen atoms in total. The van der Waals surface area contributed by atoms with Gasteiger partial charge in [0, 0.05) is 33.3 Å². The standard InChI is InChI=1S/C11H25N3O/c1-11(9-12,10-15-3)14-6-4-5-13(2)7-8-14/h4-10,12H2,1-3H3. The quantitative estimate of drug-likeness (QED) is 0.716. The van der Waals surface area contributed by atoms with Crippen molar-refractivity contribution in [2.24, 2.45) is 5.73 Å². The van der Waals surface area contributed by atoms with E-state index in [0.717, 1.165) is 19.6 Å². The predicted octanol–water partition coefficient (Wildman–Crippen LogP) is -0.0123. The number of hydrogen-bond acceptors (Lipinski definition) is 4. The van der Waals surface area contributed by atoms with Crippen LogP contribution in [0.2, 0.25) is 0 Å². The molecule has 90 valence electrons. The number of nitrogens with two attached hydrogens (primary N) is 1. The maximum Gasteiger partial charge on any atom is 0.0656 e. The summed E-state index contributed by atoms with van der Waals surface area (Å²) in [5.41, 5.74) is 5.87. The van der Waals surface area contributed by atoms with E-state index in [1.54, 1.807) is 7.11 Å². The van der Waals surface area contributed by atoms with E-state index in [4.69, 9.17) is 10.5 Å². The van der Waals surface area contributed by atoms with Crippen LogP contribution in [0, 0.1) is 0 Å². The number of hydrogen-bond donors (Lipinski definition) is 1. The van der Waals surface area contributed by atoms with Crippen molar-refractivity contribution in [2.45, 2.75) is 18.9 Å². The summed E-state index contributed by atoms with van der Waals surface area (Å²) in [4.78, 5) is 4.85. The van der Waals surface area contributed by atoms with Crippen LogP contribution >= 0.6 is 0 Å². The molecule has 0 spiro atoms. The van der Waals surface area contributed by atoms with Crippen LogP contribution in [0.1, 0.15) is 13.3 Å². The van der Waals surface area contributed by atoms with E-state index in [9.17, 15) is 0 Å². The molecule has 1 heterocycles. The Kier molecular flexibility index (Phi) is 4.99. The highest BCUT2D eigenvalue weighted by molar-refractivity contribution is 4.88. The van der Waals surface area contributed by atoms with Gasteiger partial charge in [0.15, 0.2) is 0 Å². The van der Waals surface area contributed by atoms with Crippen molar-refractivity contribution in [3.8, 4) is 0 Å². The van der Waals surface area contributed by atoms with Crippen molar-refractivity contribution in [1.82, 2.24) is 9.80 Å². The lowest BCUT2D eigenvalue weighted by molar-refractivity contribution is 0.0297. The van der Waals surface area contributed by atoms with E-state index in [1.807, 2.05) is 0 Å². The first kappa shape index (κ1) is 12.9. The third-order valence-corrected chi connectivity index (χ3v) is 3.38. The van der Waals surface area contributed by atoms with Crippen LogP contribution in [0.15, 0.2) is 0 Å². The van der Waals surface area contributed by atoms with E-state index in [1.165, 1.54) is 13.0 Å². The summed E-state index contributed by atoms with van der Waals surface area (Å²) < 4.78 is 5.28. The average molecular weight is 215 g/mol. The molecule has 1 saturated heterocycles. The first-order chi connectivity index (χ1) is 7.12. The highest BCUT2D eigenvalue weighted by Gasteiger charge is 2.31. The van der Waals surface area contributed by atoms with Gasteiger partial charge in [0.25, 0.3) is 0 Å². The fourth-order valence-corrected chi connectivity index (χ4v) is 2.18. The van der Waals surface area contributed by atoms with Gasteiger partial charge >= 0.3 is 0 Å². The van der Waals surface area contributed by atoms with E-state index in [0.29, 0.717) is 13.2 Å². The number of methoxy groups -OCH3 is 1. The molecule has 0 bridgehead atoms. The Morgan fingerprint density at radius 3 is 2.60 bits per heavy atom. The first-order valence-corrected chi connectivity index (χ1v) is 5.75. The summed E-state index contributed by atoms with van der Waals surface area (Å²) in [7, 11) is 3.93. The lowest BCUT2D eigenvalue weighted by atomic mass is 10.0. The van der Waals surface area contributed by atoms with Gasteiger partial charge in [0.05, 0.1) is 12.1 Å². The Balaban J connectivity index is 2.58. The van der Waals surface area contributed by atoms with Crippen molar-refractivity contribution in [3.63, 3.8) is 0 Å². The summed E-state index contributed by atoms with van der Waals surface area (Å²) in [5.74, 6) is 0. The highest BCUT2D eigenvalue weighted by atomic mass is 16.5. The molecule has 0 amide bonds. The van der Waals surface area contributed by atoms with E-state index < -0.39 is 0 Å². The second-order valence-corrected chi connectivity index (χ2v) is 4.78. The van der Waals surface area contributed by atoms with Crippen molar-refractivity contribution in [2.75, 3.05) is 53.5 Å². The molecule has 4 heteroatoms. The van der Waals surface area contributed by atoms with Crippen LogP contribution in [-0.2, 0) is 4.74 Å². The largest absolute Gasteiger partial charge is 0.383 e. The monoisotopic (exact) mass is 215 g/mol. The van der Waals surface area contributed by atoms with Crippen LogP contribution in [0.3, 0.4) is 0 Å². The van der Waals surface area contributed by atoms with Gasteiger partial charge in [-0.1, -0.05) is 0 Å². The lowest BCUT2D eigenvalue weighted by Gasteiger charge is -2.39. The van der Waals surface area contributed by atoms with Crippen LogP contribution in [0.5, 0.6) is 0 Å². The number of nitrogens with zero attached hydrogens (tertiary/aromatic N) is 2. The topological polar surface area (TPSA) is 41.7 Å². The molecule has 0 aliphatic carbocycles. The highest BCUT2D eigenvalue weighted by Crippen LogP contribution is 2.16. The fraction of sp³-hybridized carbons (Fsp3) is 1.00. The third-order valence-electron chi connectivity index (χ3n) is 3.38. The molecule has 0 aromatic carbocycles. The Labute approximate surface area is 93.4 Å². The fourth-order valence-electron chi connectivity index (χ4n) is 2.18. The van der Waals surface area contributed by atoms with Crippen molar-refractivity contribution < 1.29 is 4.74 Å². The second kappa shape index (κ2) is 5.80. The number of ether oxygens (including phenoxy) is 1. The molecule has 1 rings (SSSR count). The minimum absolute atomic E-state index is 0.0000694. The summed E-state index contributed by atoms with van der Waals surface area (Å²) in [5, 5.41) is 0. The molecule has 1 unspecified atom stereocenters. The molecule has 1 aliphatic heterocycles. The number of rotatable bonds is 4. The van der Waals surface area contributed by atoms with Gasteiger partial charge in [-0.3, -0.25) is 4.90 Å². The predicted molar refractivity (Wildman–Crippen MR) is 63.0 cm³/mol. The molecule has 0 radical (unpaired) electrons. The van der Waals surface area contributed by atoms with E-state index >= 15 is 0 Å². The lowest BCUT2D eigenvalue weighted by Crippen LogP contribution is -2.55. The van der Waals surface area contributed by atoms with Crippen LogP contribution in [0.25, 0.3) is 0 Å². The van der Waals surface area contributed by atoms with Gasteiger partial charge in [0.2, 0.25) is 0 Å². The molecule has 1 atom stereocenters. The average Bonchev–Trinajstić information content (AvgIpc) is 2.43. The number of likely N-dealkylation sites (N-methyl/N-ethyl adjacent to an activating group) is 1. The Morgan fingerprint density at radius 2 is 2.00 bits per heavy atom. The Hall–Kier alpha value is -0.160. The van der Waals surface area contributed by atoms with Crippen molar-refractivity contribution >= 4 is 0 Å². The van der Waals surface area contributed by atoms with Gasteiger partial charge < -0.3 is 15.4 Å². The summed E-state index contributed by atoms with van der Waals surface area (Å²) in [6.45, 7) is 8.10. The van der Waals surface area contributed by atoms with Crippen molar-refractivity contribution in [3.05, 3.63) is 0 Å². The minimum atomic E-state index is -0.0000694. The molecule has 1 fully saturated rings. The zero-order valence-corrected chi connectivity index (χ0v) is 10.3. The van der Waals surface area contributed by atoms with Crippen LogP contribution < -0.4 is 5.73 Å². The smallest absolute Gasteiger partial charge is 0.0656 e. The molecule has 15 heavy (non-hydrogen) atoms. The van der Waals surface area contributed by atoms with Crippen LogP contribution in [0.4, 0.5) is 0 Å². The SMILES string of the molecule is COCC(C)(CN)N1CCCN(C)CC1. The second-order valence-electron chi connectivity index (χ2n) is 4.78. The van der Waals surface area contributed by atoms with Crippen molar-refractivity contribution in [1.29, 1.82) is 0 Å². The van der Waals surface area contributed by atoms with Gasteiger partial charge in [-0.25, -0.2) is 0 Å². The zero-order chi connectivity index (χ0) is 11.3. The van der Waals surface area contributed by atoms with Gasteiger partial charge in [-0.05, 0) is 26.9 Å². The zero-order valence-electron chi connectivity index (χ0n) is 10.3. The summed E-state index contributed by atoms with van der Waals surface area (Å²) >= 11 is 0. The maximum atomic E-state index is 5.87. The Bertz CT molecular complexity index is 189. The molecular formula is C11H25N3O. The third kappa shape index (κ3) is 3.41. The van der Waals surface area contributed by atoms with Crippen LogP contribution in [-0.4, -0.2) is 68.8 Å². The molecule has 0 saturated carbocycles. The van der Waals surface area contributed by atoms with E-state index in [2.05, 4.69) is 23.8 Å². The molecule has 1 aliphatic rings. The first-order valence-electron chi connectivity index (χ1n) is 5.75. The maximum absolute atomic E-state index is 5.87. The molecule has 2 N–H and O–H groups in total. The van der Waals surface area contributed by atoms with Gasteiger partial charge in [-0.15, -0.1) is 0 Å². The Morgan fingerprint density at radius 1 is 1.27 bits per heavy atom. The summed E-state index contributed by atoms with van der Waals surface area (Å²) in [6.07, 6.45) is 1.22. The summed E-state index contributed by atoms with van der Waals surface area (Å²) in [6, 6.07) is 0. The molecular weight excluding hydrogens is 190 g/mol. The van der Waals surface area contributed by atoms with Gasteiger partial charge in [0.1, 0.15) is 0 Å².